The number of nitrogens with zero attached hydrogens (tertiary/aromatic N) is 5. The summed E-state index contributed by atoms with van der Waals surface area (Å²) >= 11 is 0. The number of aliphatic hydroxyl groups excluding tert-OH is 1. The van der Waals surface area contributed by atoms with Crippen molar-refractivity contribution in [2.45, 2.75) is 31.8 Å². The molecular formula is C23H30N6O3. The number of aliphatic hydroxyl groups is 1. The fraction of sp³-hybridized carbons (Fsp3) is 0.522. The summed E-state index contributed by atoms with van der Waals surface area (Å²) in [5.41, 5.74) is 3.74. The molecule has 9 heteroatoms. The lowest BCUT2D eigenvalue weighted by Gasteiger charge is -2.33. The molecule has 2 aromatic heterocycles. The first-order valence-corrected chi connectivity index (χ1v) is 11.3. The van der Waals surface area contributed by atoms with Crippen LogP contribution in [0.1, 0.15) is 29.9 Å². The quantitative estimate of drug-likeness (QED) is 0.622. The van der Waals surface area contributed by atoms with Gasteiger partial charge in [-0.05, 0) is 62.0 Å². The third kappa shape index (κ3) is 4.03. The van der Waals surface area contributed by atoms with Gasteiger partial charge in [0, 0.05) is 24.5 Å². The van der Waals surface area contributed by atoms with Crippen molar-refractivity contribution in [3.8, 4) is 11.8 Å². The highest BCUT2D eigenvalue weighted by Crippen LogP contribution is 2.32. The Bertz CT molecular complexity index is 1090. The van der Waals surface area contributed by atoms with Crippen molar-refractivity contribution in [1.82, 2.24) is 25.1 Å². The number of ether oxygens (including phenoxy) is 2. The molecule has 5 rings (SSSR count). The van der Waals surface area contributed by atoms with Gasteiger partial charge in [0.05, 0.1) is 38.1 Å². The van der Waals surface area contributed by atoms with Crippen molar-refractivity contribution in [3.05, 3.63) is 35.5 Å². The molecule has 2 saturated heterocycles. The van der Waals surface area contributed by atoms with E-state index in [4.69, 9.17) is 9.47 Å². The summed E-state index contributed by atoms with van der Waals surface area (Å²) in [5, 5.41) is 18.7. The largest absolute Gasteiger partial charge is 0.467 e. The van der Waals surface area contributed by atoms with Gasteiger partial charge in [0.15, 0.2) is 5.82 Å². The molecular weight excluding hydrogens is 408 g/mol. The van der Waals surface area contributed by atoms with Crippen LogP contribution in [0.3, 0.4) is 0 Å². The molecule has 0 bridgehead atoms. The van der Waals surface area contributed by atoms with Crippen LogP contribution in [0.15, 0.2) is 24.4 Å². The van der Waals surface area contributed by atoms with E-state index in [-0.39, 0.29) is 12.7 Å². The summed E-state index contributed by atoms with van der Waals surface area (Å²) in [6.07, 6.45) is 3.96. The number of methoxy groups -OCH3 is 1. The molecule has 9 nitrogen and oxygen atoms in total. The average molecular weight is 439 g/mol. The van der Waals surface area contributed by atoms with Crippen LogP contribution < -0.4 is 15.0 Å². The Morgan fingerprint density at radius 3 is 2.78 bits per heavy atom. The van der Waals surface area contributed by atoms with Gasteiger partial charge in [0.2, 0.25) is 0 Å². The topological polar surface area (TPSA) is 97.6 Å². The Morgan fingerprint density at radius 2 is 2.00 bits per heavy atom. The SMILES string of the molecule is COc1nc(N2CCO[C@@H](CO)C2)cc(-n2ncc3cc(C)c(C4CCNCC4)cc32)n1. The Kier molecular flexibility index (Phi) is 5.95. The molecule has 2 fully saturated rings. The average Bonchev–Trinajstić information content (AvgIpc) is 3.26. The molecule has 2 N–H and O–H groups in total. The zero-order valence-corrected chi connectivity index (χ0v) is 18.6. The number of benzene rings is 1. The van der Waals surface area contributed by atoms with E-state index in [1.54, 1.807) is 7.11 Å². The molecule has 0 saturated carbocycles. The molecule has 1 atom stereocenters. The third-order valence-corrected chi connectivity index (χ3v) is 6.48. The van der Waals surface area contributed by atoms with Gasteiger partial charge in [-0.2, -0.15) is 15.1 Å². The van der Waals surface area contributed by atoms with Crippen LogP contribution in [0.25, 0.3) is 16.7 Å². The second-order valence-electron chi connectivity index (χ2n) is 8.54. The highest BCUT2D eigenvalue weighted by atomic mass is 16.5. The number of nitrogens with one attached hydrogen (secondary N) is 1. The van der Waals surface area contributed by atoms with Crippen molar-refractivity contribution in [1.29, 1.82) is 0 Å². The normalized spacial score (nSPS) is 20.1. The number of rotatable bonds is 5. The summed E-state index contributed by atoms with van der Waals surface area (Å²) < 4.78 is 12.9. The standard InChI is InChI=1S/C23H30N6O3/c1-15-9-17-12-25-29(20(17)10-19(15)16-3-5-24-6-4-16)22-11-21(26-23(27-22)31-2)28-7-8-32-18(13-28)14-30/h9-12,16,18,24,30H,3-8,13-14H2,1-2H3/t18-/m1/s1. The predicted molar refractivity (Wildman–Crippen MR) is 122 cm³/mol. The fourth-order valence-corrected chi connectivity index (χ4v) is 4.76. The van der Waals surface area contributed by atoms with Crippen LogP contribution in [-0.4, -0.2) is 77.5 Å². The summed E-state index contributed by atoms with van der Waals surface area (Å²) in [6.45, 7) is 6.08. The summed E-state index contributed by atoms with van der Waals surface area (Å²) in [6, 6.07) is 6.72. The fourth-order valence-electron chi connectivity index (χ4n) is 4.76. The lowest BCUT2D eigenvalue weighted by Crippen LogP contribution is -2.44. The van der Waals surface area contributed by atoms with Gasteiger partial charge in [0.1, 0.15) is 5.82 Å². The zero-order chi connectivity index (χ0) is 22.1. The first-order valence-electron chi connectivity index (χ1n) is 11.3. The summed E-state index contributed by atoms with van der Waals surface area (Å²) in [7, 11) is 1.57. The van der Waals surface area contributed by atoms with Crippen LogP contribution in [0.5, 0.6) is 6.01 Å². The van der Waals surface area contributed by atoms with Crippen LogP contribution >= 0.6 is 0 Å². The van der Waals surface area contributed by atoms with E-state index in [0.29, 0.717) is 37.4 Å². The Balaban J connectivity index is 1.55. The van der Waals surface area contributed by atoms with Crippen molar-refractivity contribution in [2.75, 3.05) is 51.4 Å². The van der Waals surface area contributed by atoms with E-state index in [9.17, 15) is 5.11 Å². The Morgan fingerprint density at radius 1 is 1.19 bits per heavy atom. The first kappa shape index (κ1) is 21.1. The van der Waals surface area contributed by atoms with Crippen molar-refractivity contribution in [3.63, 3.8) is 0 Å². The van der Waals surface area contributed by atoms with E-state index in [2.05, 4.69) is 44.3 Å². The molecule has 0 aliphatic carbocycles. The van der Waals surface area contributed by atoms with Gasteiger partial charge < -0.3 is 24.8 Å². The number of hydrogen-bond acceptors (Lipinski definition) is 8. The van der Waals surface area contributed by atoms with Crippen LogP contribution in [0, 0.1) is 6.92 Å². The van der Waals surface area contributed by atoms with E-state index >= 15 is 0 Å². The highest BCUT2D eigenvalue weighted by Gasteiger charge is 2.23. The van der Waals surface area contributed by atoms with Gasteiger partial charge in [-0.1, -0.05) is 0 Å². The Hall–Kier alpha value is -2.75. The van der Waals surface area contributed by atoms with Crippen LogP contribution in [0.4, 0.5) is 5.82 Å². The van der Waals surface area contributed by atoms with E-state index in [1.165, 1.54) is 11.1 Å². The van der Waals surface area contributed by atoms with Crippen LogP contribution in [-0.2, 0) is 4.74 Å². The molecule has 32 heavy (non-hydrogen) atoms. The minimum absolute atomic E-state index is 0.0197. The maximum absolute atomic E-state index is 9.51. The first-order chi connectivity index (χ1) is 15.7. The molecule has 0 spiro atoms. The minimum Gasteiger partial charge on any atom is -0.467 e. The number of aryl methyl sites for hydroxylation is 1. The third-order valence-electron chi connectivity index (χ3n) is 6.48. The molecule has 170 valence electrons. The number of anilines is 1. The zero-order valence-electron chi connectivity index (χ0n) is 18.6. The van der Waals surface area contributed by atoms with E-state index < -0.39 is 0 Å². The lowest BCUT2D eigenvalue weighted by molar-refractivity contribution is 0.00333. The molecule has 0 amide bonds. The van der Waals surface area contributed by atoms with Crippen LogP contribution in [0.2, 0.25) is 0 Å². The number of fused-ring (bicyclic) bond motifs is 1. The van der Waals surface area contributed by atoms with Crippen molar-refractivity contribution < 1.29 is 14.6 Å². The summed E-state index contributed by atoms with van der Waals surface area (Å²) in [4.78, 5) is 11.2. The van der Waals surface area contributed by atoms with Gasteiger partial charge in [-0.3, -0.25) is 0 Å². The van der Waals surface area contributed by atoms with Gasteiger partial charge >= 0.3 is 6.01 Å². The maximum atomic E-state index is 9.51. The van der Waals surface area contributed by atoms with Crippen molar-refractivity contribution >= 4 is 16.7 Å². The Labute approximate surface area is 187 Å². The molecule has 0 unspecified atom stereocenters. The van der Waals surface area contributed by atoms with Gasteiger partial charge in [0.25, 0.3) is 0 Å². The van der Waals surface area contributed by atoms with E-state index in [0.717, 1.165) is 42.7 Å². The molecule has 2 aliphatic rings. The van der Waals surface area contributed by atoms with E-state index in [1.807, 2.05) is 16.9 Å². The number of aromatic nitrogens is 4. The number of hydrogen-bond donors (Lipinski definition) is 2. The molecule has 1 aromatic carbocycles. The lowest BCUT2D eigenvalue weighted by atomic mass is 9.87. The molecule has 4 heterocycles. The highest BCUT2D eigenvalue weighted by molar-refractivity contribution is 5.82. The molecule has 3 aromatic rings. The van der Waals surface area contributed by atoms with Gasteiger partial charge in [-0.25, -0.2) is 4.68 Å². The summed E-state index contributed by atoms with van der Waals surface area (Å²) in [5.74, 6) is 1.96. The minimum atomic E-state index is -0.228. The monoisotopic (exact) mass is 438 g/mol. The molecule has 2 aliphatic heterocycles. The number of morpholine rings is 1. The molecule has 0 radical (unpaired) electrons. The second-order valence-corrected chi connectivity index (χ2v) is 8.54. The smallest absolute Gasteiger partial charge is 0.320 e. The van der Waals surface area contributed by atoms with Crippen molar-refractivity contribution in [2.24, 2.45) is 0 Å². The second kappa shape index (κ2) is 9.01. The predicted octanol–water partition coefficient (Wildman–Crippen LogP) is 1.80. The maximum Gasteiger partial charge on any atom is 0.320 e. The van der Waals surface area contributed by atoms with Gasteiger partial charge in [-0.15, -0.1) is 0 Å². The number of piperidine rings is 1.